The van der Waals surface area contributed by atoms with Gasteiger partial charge in [-0.05, 0) is 6.07 Å². The summed E-state index contributed by atoms with van der Waals surface area (Å²) in [5.74, 6) is -0.542. The number of amides is 1. The highest BCUT2D eigenvalue weighted by Crippen LogP contribution is 2.31. The average Bonchev–Trinajstić information content (AvgIpc) is 3.19. The second-order valence-electron chi connectivity index (χ2n) is 4.27. The molecule has 3 heterocycles. The molecule has 3 aromatic rings. The zero-order valence-corrected chi connectivity index (χ0v) is 12.3. The molecule has 1 unspecified atom stereocenters. The predicted molar refractivity (Wildman–Crippen MR) is 78.9 cm³/mol. The molecule has 0 aromatic carbocycles. The number of aromatic nitrogens is 4. The molecule has 9 heteroatoms. The lowest BCUT2D eigenvalue weighted by Gasteiger charge is -2.07. The van der Waals surface area contributed by atoms with E-state index in [9.17, 15) is 9.90 Å². The van der Waals surface area contributed by atoms with Gasteiger partial charge < -0.3 is 10.8 Å². The minimum absolute atomic E-state index is 0.255. The molecule has 0 saturated carbocycles. The summed E-state index contributed by atoms with van der Waals surface area (Å²) in [6, 6.07) is 1.86. The first kappa shape index (κ1) is 13.9. The molecule has 0 bridgehead atoms. The molecular weight excluding hydrogens is 310 g/mol. The van der Waals surface area contributed by atoms with Crippen LogP contribution in [0.25, 0.3) is 10.6 Å². The number of thiazole rings is 1. The van der Waals surface area contributed by atoms with Crippen molar-refractivity contribution in [2.45, 2.75) is 12.6 Å². The predicted octanol–water partition coefficient (Wildman–Crippen LogP) is 1.30. The maximum absolute atomic E-state index is 11.1. The number of rotatable bonds is 5. The number of carbonyl (C=O) groups excluding carboxylic acids is 1. The van der Waals surface area contributed by atoms with E-state index in [1.807, 2.05) is 11.4 Å². The molecular formula is C12H11N5O2S2. The van der Waals surface area contributed by atoms with Gasteiger partial charge in [0, 0.05) is 21.2 Å². The van der Waals surface area contributed by atoms with E-state index in [1.165, 1.54) is 29.0 Å². The standard InChI is InChI=1S/C12H11N5O2S2/c13-11(19)8-4-21-12(16-8)7-1-10(20-3-7)9(18)2-17-6-14-5-15-17/h1,3-6,9,18H,2H2,(H2,13,19). The normalized spacial score (nSPS) is 12.4. The summed E-state index contributed by atoms with van der Waals surface area (Å²) in [6.07, 6.45) is 2.31. The molecule has 0 spiro atoms. The Hall–Kier alpha value is -2.10. The number of nitrogens with zero attached hydrogens (tertiary/aromatic N) is 4. The molecule has 108 valence electrons. The lowest BCUT2D eigenvalue weighted by Crippen LogP contribution is -2.10. The summed E-state index contributed by atoms with van der Waals surface area (Å²) >= 11 is 2.78. The number of aliphatic hydroxyl groups is 1. The minimum atomic E-state index is -0.666. The van der Waals surface area contributed by atoms with Crippen LogP contribution >= 0.6 is 22.7 Å². The number of aliphatic hydroxyl groups excluding tert-OH is 1. The maximum Gasteiger partial charge on any atom is 0.268 e. The number of hydrogen-bond donors (Lipinski definition) is 2. The van der Waals surface area contributed by atoms with E-state index in [0.717, 1.165) is 10.4 Å². The van der Waals surface area contributed by atoms with Crippen LogP contribution in [-0.2, 0) is 6.54 Å². The topological polar surface area (TPSA) is 107 Å². The van der Waals surface area contributed by atoms with Crippen LogP contribution in [0.1, 0.15) is 21.5 Å². The highest BCUT2D eigenvalue weighted by atomic mass is 32.1. The van der Waals surface area contributed by atoms with Crippen molar-refractivity contribution in [2.24, 2.45) is 5.73 Å². The van der Waals surface area contributed by atoms with E-state index in [-0.39, 0.29) is 5.69 Å². The van der Waals surface area contributed by atoms with Crippen LogP contribution in [0.15, 0.2) is 29.5 Å². The van der Waals surface area contributed by atoms with Gasteiger partial charge in [0.15, 0.2) is 0 Å². The van der Waals surface area contributed by atoms with Gasteiger partial charge in [-0.15, -0.1) is 22.7 Å². The molecule has 3 aromatic heterocycles. The van der Waals surface area contributed by atoms with Crippen molar-refractivity contribution in [3.8, 4) is 10.6 Å². The summed E-state index contributed by atoms with van der Waals surface area (Å²) < 4.78 is 1.57. The number of primary amides is 1. The Labute approximate surface area is 127 Å². The Morgan fingerprint density at radius 1 is 1.43 bits per heavy atom. The van der Waals surface area contributed by atoms with Crippen LogP contribution in [0.3, 0.4) is 0 Å². The number of thiophene rings is 1. The van der Waals surface area contributed by atoms with Crippen LogP contribution in [0, 0.1) is 0 Å². The first-order chi connectivity index (χ1) is 10.1. The Balaban J connectivity index is 1.77. The Morgan fingerprint density at radius 3 is 2.95 bits per heavy atom. The van der Waals surface area contributed by atoms with E-state index in [1.54, 1.807) is 16.4 Å². The fraction of sp³-hybridized carbons (Fsp3) is 0.167. The summed E-state index contributed by atoms with van der Waals surface area (Å²) in [7, 11) is 0. The van der Waals surface area contributed by atoms with Crippen molar-refractivity contribution in [3.05, 3.63) is 40.1 Å². The molecule has 0 saturated heterocycles. The molecule has 0 aliphatic carbocycles. The molecule has 0 radical (unpaired) electrons. The van der Waals surface area contributed by atoms with Crippen LogP contribution in [-0.4, -0.2) is 30.8 Å². The average molecular weight is 321 g/mol. The Kier molecular flexibility index (Phi) is 3.78. The monoisotopic (exact) mass is 321 g/mol. The van der Waals surface area contributed by atoms with E-state index in [2.05, 4.69) is 15.1 Å². The van der Waals surface area contributed by atoms with Crippen LogP contribution in [0.2, 0.25) is 0 Å². The van der Waals surface area contributed by atoms with Crippen molar-refractivity contribution in [1.82, 2.24) is 19.7 Å². The van der Waals surface area contributed by atoms with Crippen molar-refractivity contribution in [2.75, 3.05) is 0 Å². The third-order valence-electron chi connectivity index (χ3n) is 2.78. The fourth-order valence-corrected chi connectivity index (χ4v) is 3.49. The first-order valence-electron chi connectivity index (χ1n) is 5.98. The molecule has 1 amide bonds. The third kappa shape index (κ3) is 2.99. The quantitative estimate of drug-likeness (QED) is 0.736. The second-order valence-corrected chi connectivity index (χ2v) is 6.07. The van der Waals surface area contributed by atoms with Gasteiger partial charge in [0.1, 0.15) is 29.5 Å². The van der Waals surface area contributed by atoms with Gasteiger partial charge in [-0.2, -0.15) is 5.10 Å². The third-order valence-corrected chi connectivity index (χ3v) is 4.70. The molecule has 3 N–H and O–H groups in total. The van der Waals surface area contributed by atoms with Gasteiger partial charge in [-0.25, -0.2) is 14.6 Å². The van der Waals surface area contributed by atoms with E-state index in [4.69, 9.17) is 5.73 Å². The summed E-state index contributed by atoms with van der Waals surface area (Å²) in [6.45, 7) is 0.338. The largest absolute Gasteiger partial charge is 0.386 e. The first-order valence-corrected chi connectivity index (χ1v) is 7.74. The lowest BCUT2D eigenvalue weighted by atomic mass is 10.2. The van der Waals surface area contributed by atoms with E-state index < -0.39 is 12.0 Å². The highest BCUT2D eigenvalue weighted by Gasteiger charge is 2.15. The Morgan fingerprint density at radius 2 is 2.29 bits per heavy atom. The molecule has 0 aliphatic heterocycles. The molecule has 1 atom stereocenters. The lowest BCUT2D eigenvalue weighted by molar-refractivity contribution is 0.0996. The minimum Gasteiger partial charge on any atom is -0.386 e. The van der Waals surface area contributed by atoms with Crippen LogP contribution in [0.5, 0.6) is 0 Å². The number of hydrogen-bond acceptors (Lipinski definition) is 7. The van der Waals surface area contributed by atoms with Crippen molar-refractivity contribution < 1.29 is 9.90 Å². The summed E-state index contributed by atoms with van der Waals surface area (Å²) in [4.78, 5) is 19.9. The zero-order chi connectivity index (χ0) is 14.8. The molecule has 0 fully saturated rings. The molecule has 21 heavy (non-hydrogen) atoms. The van der Waals surface area contributed by atoms with Gasteiger partial charge in [0.2, 0.25) is 0 Å². The maximum atomic E-state index is 11.1. The van der Waals surface area contributed by atoms with Gasteiger partial charge in [-0.1, -0.05) is 0 Å². The van der Waals surface area contributed by atoms with Gasteiger partial charge in [-0.3, -0.25) is 4.79 Å². The zero-order valence-electron chi connectivity index (χ0n) is 10.7. The van der Waals surface area contributed by atoms with E-state index >= 15 is 0 Å². The number of carbonyl (C=O) groups is 1. The SMILES string of the molecule is NC(=O)c1csc(-c2csc(C(O)Cn3cncn3)c2)n1. The van der Waals surface area contributed by atoms with Gasteiger partial charge >= 0.3 is 0 Å². The second kappa shape index (κ2) is 5.72. The van der Waals surface area contributed by atoms with Crippen molar-refractivity contribution in [3.63, 3.8) is 0 Å². The smallest absolute Gasteiger partial charge is 0.268 e. The molecule has 0 aliphatic rings. The van der Waals surface area contributed by atoms with Gasteiger partial charge in [0.05, 0.1) is 6.54 Å². The molecule has 7 nitrogen and oxygen atoms in total. The fourth-order valence-electron chi connectivity index (χ4n) is 1.75. The highest BCUT2D eigenvalue weighted by molar-refractivity contribution is 7.14. The summed E-state index contributed by atoms with van der Waals surface area (Å²) in [5.41, 5.74) is 6.31. The Bertz CT molecular complexity index is 749. The van der Waals surface area contributed by atoms with Crippen molar-refractivity contribution >= 4 is 28.6 Å². The molecule has 3 rings (SSSR count). The summed E-state index contributed by atoms with van der Waals surface area (Å²) in [5, 5.41) is 18.4. The van der Waals surface area contributed by atoms with Crippen molar-refractivity contribution in [1.29, 1.82) is 0 Å². The number of nitrogens with two attached hydrogens (primary N) is 1. The van der Waals surface area contributed by atoms with E-state index in [0.29, 0.717) is 11.6 Å². The van der Waals surface area contributed by atoms with Crippen LogP contribution in [0.4, 0.5) is 0 Å². The van der Waals surface area contributed by atoms with Crippen LogP contribution < -0.4 is 5.73 Å². The van der Waals surface area contributed by atoms with Gasteiger partial charge in [0.25, 0.3) is 5.91 Å².